The molecule has 2 atom stereocenters. The predicted octanol–water partition coefficient (Wildman–Crippen LogP) is -1.42. The van der Waals surface area contributed by atoms with E-state index in [1.54, 1.807) is 0 Å². The van der Waals surface area contributed by atoms with Crippen molar-refractivity contribution >= 4 is 5.91 Å². The first-order valence-electron chi connectivity index (χ1n) is 4.34. The Balaban J connectivity index is 0.000000310. The highest BCUT2D eigenvalue weighted by molar-refractivity contribution is 5.70. The summed E-state index contributed by atoms with van der Waals surface area (Å²) in [7, 11) is 0. The van der Waals surface area contributed by atoms with E-state index in [0.29, 0.717) is 6.42 Å². The van der Waals surface area contributed by atoms with Gasteiger partial charge in [0.1, 0.15) is 0 Å². The Labute approximate surface area is 77.9 Å². The molecular weight excluding hydrogens is 172 g/mol. The molecular formula is C8H18N2O3. The minimum absolute atomic E-state index is 0.119. The minimum Gasteiger partial charge on any atom is -0.395 e. The number of nitrogens with two attached hydrogens (primary N) is 1. The number of hydrogen-bond donors (Lipinski definition) is 4. The van der Waals surface area contributed by atoms with Crippen molar-refractivity contribution in [2.45, 2.75) is 31.9 Å². The molecule has 1 aliphatic heterocycles. The van der Waals surface area contributed by atoms with Gasteiger partial charge in [-0.2, -0.15) is 0 Å². The fourth-order valence-electron chi connectivity index (χ4n) is 1.12. The molecule has 1 aliphatic rings. The number of primary amides is 1. The Hall–Kier alpha value is -0.650. The smallest absolute Gasteiger partial charge is 0.214 e. The van der Waals surface area contributed by atoms with Crippen LogP contribution in [0.4, 0.5) is 0 Å². The predicted molar refractivity (Wildman–Crippen MR) is 49.0 cm³/mol. The van der Waals surface area contributed by atoms with E-state index in [1.807, 2.05) is 0 Å². The lowest BCUT2D eigenvalue weighted by molar-refractivity contribution is -0.115. The van der Waals surface area contributed by atoms with Gasteiger partial charge >= 0.3 is 0 Å². The number of piperidine rings is 1. The van der Waals surface area contributed by atoms with E-state index in [9.17, 15) is 4.79 Å². The van der Waals surface area contributed by atoms with E-state index in [1.165, 1.54) is 6.92 Å². The van der Waals surface area contributed by atoms with E-state index in [0.717, 1.165) is 13.0 Å². The molecule has 1 amide bonds. The van der Waals surface area contributed by atoms with Crippen molar-refractivity contribution in [3.05, 3.63) is 0 Å². The molecule has 1 fully saturated rings. The largest absolute Gasteiger partial charge is 0.395 e. The molecule has 5 N–H and O–H groups in total. The van der Waals surface area contributed by atoms with Crippen LogP contribution in [-0.4, -0.2) is 41.4 Å². The highest BCUT2D eigenvalue weighted by Crippen LogP contribution is 2.06. The lowest BCUT2D eigenvalue weighted by atomic mass is 10.0. The van der Waals surface area contributed by atoms with Crippen LogP contribution < -0.4 is 11.1 Å². The van der Waals surface area contributed by atoms with Gasteiger partial charge < -0.3 is 21.3 Å². The highest BCUT2D eigenvalue weighted by atomic mass is 16.3. The van der Waals surface area contributed by atoms with E-state index in [2.05, 4.69) is 11.1 Å². The molecule has 0 spiro atoms. The zero-order valence-corrected chi connectivity index (χ0v) is 7.86. The lowest BCUT2D eigenvalue weighted by Gasteiger charge is -2.25. The molecule has 0 aromatic carbocycles. The zero-order chi connectivity index (χ0) is 10.3. The first-order valence-corrected chi connectivity index (χ1v) is 4.34. The van der Waals surface area contributed by atoms with Crippen LogP contribution in [-0.2, 0) is 4.79 Å². The Morgan fingerprint density at radius 1 is 1.69 bits per heavy atom. The third-order valence-electron chi connectivity index (χ3n) is 1.69. The van der Waals surface area contributed by atoms with Gasteiger partial charge in [0.25, 0.3) is 0 Å². The SMILES string of the molecule is CC(N)=O.OC[C@@H]1C[C@H](O)CCN1. The summed E-state index contributed by atoms with van der Waals surface area (Å²) < 4.78 is 0. The van der Waals surface area contributed by atoms with Crippen molar-refractivity contribution < 1.29 is 15.0 Å². The molecule has 5 heteroatoms. The lowest BCUT2D eigenvalue weighted by Crippen LogP contribution is -2.42. The van der Waals surface area contributed by atoms with Gasteiger partial charge in [-0.15, -0.1) is 0 Å². The number of rotatable bonds is 1. The van der Waals surface area contributed by atoms with Crippen molar-refractivity contribution in [2.24, 2.45) is 5.73 Å². The Bertz CT molecular complexity index is 148. The summed E-state index contributed by atoms with van der Waals surface area (Å²) in [5, 5.41) is 20.8. The van der Waals surface area contributed by atoms with Crippen LogP contribution in [0.25, 0.3) is 0 Å². The zero-order valence-electron chi connectivity index (χ0n) is 7.86. The Kier molecular flexibility index (Phi) is 6.48. The van der Waals surface area contributed by atoms with Crippen LogP contribution in [0.15, 0.2) is 0 Å². The van der Waals surface area contributed by atoms with E-state index < -0.39 is 0 Å². The summed E-state index contributed by atoms with van der Waals surface area (Å²) in [6.45, 7) is 2.27. The van der Waals surface area contributed by atoms with Gasteiger partial charge in [0.2, 0.25) is 5.91 Å². The van der Waals surface area contributed by atoms with Crippen LogP contribution >= 0.6 is 0 Å². The van der Waals surface area contributed by atoms with Crippen molar-refractivity contribution in [1.82, 2.24) is 5.32 Å². The minimum atomic E-state index is -0.333. The fourth-order valence-corrected chi connectivity index (χ4v) is 1.12. The van der Waals surface area contributed by atoms with E-state index in [4.69, 9.17) is 10.2 Å². The number of hydrogen-bond acceptors (Lipinski definition) is 4. The topological polar surface area (TPSA) is 95.6 Å². The monoisotopic (exact) mass is 190 g/mol. The third kappa shape index (κ3) is 7.70. The number of aliphatic hydroxyl groups is 2. The maximum absolute atomic E-state index is 9.22. The summed E-state index contributed by atoms with van der Waals surface area (Å²) in [5.41, 5.74) is 4.47. The van der Waals surface area contributed by atoms with Crippen LogP contribution in [0.5, 0.6) is 0 Å². The molecule has 1 rings (SSSR count). The number of carbonyl (C=O) groups excluding carboxylic acids is 1. The van der Waals surface area contributed by atoms with Crippen LogP contribution in [0.3, 0.4) is 0 Å². The maximum Gasteiger partial charge on any atom is 0.214 e. The molecule has 0 unspecified atom stereocenters. The number of carbonyl (C=O) groups is 1. The summed E-state index contributed by atoms with van der Waals surface area (Å²) in [6, 6.07) is 0.119. The van der Waals surface area contributed by atoms with Gasteiger partial charge in [0.05, 0.1) is 12.7 Å². The molecule has 78 valence electrons. The highest BCUT2D eigenvalue weighted by Gasteiger charge is 2.17. The van der Waals surface area contributed by atoms with Gasteiger partial charge in [-0.3, -0.25) is 4.79 Å². The maximum atomic E-state index is 9.22. The van der Waals surface area contributed by atoms with Gasteiger partial charge in [-0.25, -0.2) is 0 Å². The molecule has 13 heavy (non-hydrogen) atoms. The van der Waals surface area contributed by atoms with Crippen LogP contribution in [0.1, 0.15) is 19.8 Å². The number of aliphatic hydroxyl groups excluding tert-OH is 2. The first kappa shape index (κ1) is 12.3. The molecule has 0 aromatic rings. The van der Waals surface area contributed by atoms with Crippen molar-refractivity contribution in [3.8, 4) is 0 Å². The number of nitrogens with one attached hydrogen (secondary N) is 1. The molecule has 0 aliphatic carbocycles. The van der Waals surface area contributed by atoms with E-state index >= 15 is 0 Å². The van der Waals surface area contributed by atoms with Crippen LogP contribution in [0, 0.1) is 0 Å². The van der Waals surface area contributed by atoms with Crippen LogP contribution in [0.2, 0.25) is 0 Å². The molecule has 0 radical (unpaired) electrons. The summed E-state index contributed by atoms with van der Waals surface area (Å²) in [6.07, 6.45) is 1.30. The molecule has 0 bridgehead atoms. The van der Waals surface area contributed by atoms with Crippen molar-refractivity contribution in [2.75, 3.05) is 13.2 Å². The fraction of sp³-hybridized carbons (Fsp3) is 0.875. The molecule has 1 saturated heterocycles. The standard InChI is InChI=1S/C6H13NO2.C2H5NO/c8-4-5-3-6(9)1-2-7-5;1-2(3)4/h5-9H,1-4H2;1H3,(H2,3,4)/t5-,6+;/m0./s1. The second-order valence-corrected chi connectivity index (χ2v) is 3.12. The molecule has 0 saturated carbocycles. The first-order chi connectivity index (χ1) is 6.06. The van der Waals surface area contributed by atoms with Gasteiger partial charge in [0, 0.05) is 13.0 Å². The number of amides is 1. The Morgan fingerprint density at radius 2 is 2.23 bits per heavy atom. The van der Waals surface area contributed by atoms with Gasteiger partial charge in [0.15, 0.2) is 0 Å². The second-order valence-electron chi connectivity index (χ2n) is 3.12. The summed E-state index contributed by atoms with van der Waals surface area (Å²) in [5.74, 6) is -0.333. The van der Waals surface area contributed by atoms with Crippen molar-refractivity contribution in [1.29, 1.82) is 0 Å². The Morgan fingerprint density at radius 3 is 2.54 bits per heavy atom. The normalized spacial score (nSPS) is 27.3. The molecule has 1 heterocycles. The summed E-state index contributed by atoms with van der Waals surface area (Å²) >= 11 is 0. The molecule has 0 aromatic heterocycles. The van der Waals surface area contributed by atoms with E-state index in [-0.39, 0.29) is 24.7 Å². The average Bonchev–Trinajstić information content (AvgIpc) is 2.03. The summed E-state index contributed by atoms with van der Waals surface area (Å²) in [4.78, 5) is 9.22. The van der Waals surface area contributed by atoms with Gasteiger partial charge in [-0.1, -0.05) is 0 Å². The second kappa shape index (κ2) is 6.82. The average molecular weight is 190 g/mol. The van der Waals surface area contributed by atoms with Gasteiger partial charge in [-0.05, 0) is 19.4 Å². The third-order valence-corrected chi connectivity index (χ3v) is 1.69. The van der Waals surface area contributed by atoms with Crippen molar-refractivity contribution in [3.63, 3.8) is 0 Å². The molecule has 5 nitrogen and oxygen atoms in total. The quantitative estimate of drug-likeness (QED) is 0.408.